The number of aryl methyl sites for hydroxylation is 2. The number of likely N-dealkylation sites (N-methyl/N-ethyl adjacent to an activating group) is 1. The number of rotatable bonds is 5. The number of likely N-dealkylation sites (tertiary alicyclic amines) is 1. The molecule has 6 rings (SSSR count). The van der Waals surface area contributed by atoms with E-state index >= 15 is 0 Å². The Labute approximate surface area is 241 Å². The van der Waals surface area contributed by atoms with E-state index in [1.54, 1.807) is 7.11 Å². The molecule has 2 amide bonds. The van der Waals surface area contributed by atoms with Crippen molar-refractivity contribution in [3.05, 3.63) is 100 Å². The van der Waals surface area contributed by atoms with Gasteiger partial charge in [-0.15, -0.1) is 0 Å². The van der Waals surface area contributed by atoms with Crippen LogP contribution in [0.4, 0.5) is 0 Å². The van der Waals surface area contributed by atoms with Crippen LogP contribution in [0.3, 0.4) is 0 Å². The predicted molar refractivity (Wildman–Crippen MR) is 160 cm³/mol. The number of amides is 2. The Morgan fingerprint density at radius 2 is 1.78 bits per heavy atom. The Hall–Kier alpha value is -4.30. The van der Waals surface area contributed by atoms with Gasteiger partial charge >= 0.3 is 0 Å². The number of benzene rings is 1. The highest BCUT2D eigenvalue weighted by molar-refractivity contribution is 5.98. The first kappa shape index (κ1) is 26.9. The predicted octanol–water partition coefficient (Wildman–Crippen LogP) is 5.02. The van der Waals surface area contributed by atoms with Gasteiger partial charge in [-0.25, -0.2) is 0 Å². The van der Waals surface area contributed by atoms with Crippen LogP contribution in [0.25, 0.3) is 11.9 Å². The molecule has 1 saturated heterocycles. The summed E-state index contributed by atoms with van der Waals surface area (Å²) in [6, 6.07) is 14.0. The quantitative estimate of drug-likeness (QED) is 0.447. The molecule has 2 aromatic heterocycles. The first-order valence-electron chi connectivity index (χ1n) is 14.2. The van der Waals surface area contributed by atoms with Gasteiger partial charge in [0.25, 0.3) is 11.8 Å². The summed E-state index contributed by atoms with van der Waals surface area (Å²) < 4.78 is 9.86. The van der Waals surface area contributed by atoms with Crippen LogP contribution in [-0.2, 0) is 6.54 Å². The molecule has 8 nitrogen and oxygen atoms in total. The maximum Gasteiger partial charge on any atom is 0.270 e. The molecule has 1 fully saturated rings. The van der Waals surface area contributed by atoms with E-state index in [4.69, 9.17) is 4.74 Å². The lowest BCUT2D eigenvalue weighted by atomic mass is 10.0. The van der Waals surface area contributed by atoms with E-state index in [9.17, 15) is 9.59 Å². The fraction of sp³-hybridized carbons (Fsp3) is 0.333. The fourth-order valence-corrected chi connectivity index (χ4v) is 6.18. The molecule has 41 heavy (non-hydrogen) atoms. The molecule has 1 aliphatic carbocycles. The molecule has 3 aromatic rings. The number of hydrogen-bond donors (Lipinski definition) is 0. The van der Waals surface area contributed by atoms with Crippen molar-refractivity contribution in [3.63, 3.8) is 0 Å². The molecule has 1 aromatic carbocycles. The van der Waals surface area contributed by atoms with Crippen molar-refractivity contribution < 1.29 is 14.3 Å². The van der Waals surface area contributed by atoms with E-state index in [1.807, 2.05) is 57.0 Å². The standard InChI is InChI=1S/C33H37N5O3/c1-22-10-11-23(2)38(22)29-14-12-24(18-31(29)41-5)32(39)37-21-27-13-15-30(33(40)35-17-16-26(20-35)34(3)4)36(27)19-25-8-6-7-9-28(25)37/h6,8-15,18-19,26H,7,16-17,20-21H2,1-5H3/t26-/m1/s1. The van der Waals surface area contributed by atoms with Gasteiger partial charge in [-0.2, -0.15) is 0 Å². The van der Waals surface area contributed by atoms with Crippen molar-refractivity contribution in [2.45, 2.75) is 39.3 Å². The number of carbonyl (C=O) groups is 2. The van der Waals surface area contributed by atoms with Crippen molar-refractivity contribution in [1.82, 2.24) is 23.8 Å². The Morgan fingerprint density at radius 1 is 1.00 bits per heavy atom. The van der Waals surface area contributed by atoms with E-state index in [0.29, 0.717) is 29.6 Å². The first-order valence-corrected chi connectivity index (χ1v) is 14.2. The minimum Gasteiger partial charge on any atom is -0.495 e. The third kappa shape index (κ3) is 4.72. The highest BCUT2D eigenvalue weighted by atomic mass is 16.5. The summed E-state index contributed by atoms with van der Waals surface area (Å²) in [5.41, 5.74) is 6.92. The highest BCUT2D eigenvalue weighted by Crippen LogP contribution is 2.33. The lowest BCUT2D eigenvalue weighted by Crippen LogP contribution is -2.35. The van der Waals surface area contributed by atoms with Gasteiger partial charge in [0, 0.05) is 59.2 Å². The summed E-state index contributed by atoms with van der Waals surface area (Å²) in [5.74, 6) is 0.553. The highest BCUT2D eigenvalue weighted by Gasteiger charge is 2.32. The lowest BCUT2D eigenvalue weighted by molar-refractivity contribution is 0.0775. The Bertz CT molecular complexity index is 1600. The number of allylic oxidation sites excluding steroid dienone is 3. The molecule has 0 saturated carbocycles. The van der Waals surface area contributed by atoms with Crippen molar-refractivity contribution in [2.24, 2.45) is 0 Å². The third-order valence-corrected chi connectivity index (χ3v) is 8.51. The van der Waals surface area contributed by atoms with Gasteiger partial charge in [-0.05, 0) is 83.2 Å². The summed E-state index contributed by atoms with van der Waals surface area (Å²) in [6.07, 6.45) is 9.91. The second-order valence-corrected chi connectivity index (χ2v) is 11.3. The SMILES string of the molecule is COc1cc(C(=O)N2Cc3ccc(C(=O)N4CC[C@@H](N(C)C)C4)n3C=C3C=CCC=C32)ccc1-n1c(C)ccc1C. The zero-order valence-electron chi connectivity index (χ0n) is 24.4. The average molecular weight is 552 g/mol. The van der Waals surface area contributed by atoms with Crippen molar-refractivity contribution in [3.8, 4) is 11.4 Å². The van der Waals surface area contributed by atoms with Gasteiger partial charge < -0.3 is 28.6 Å². The fourth-order valence-electron chi connectivity index (χ4n) is 6.18. The van der Waals surface area contributed by atoms with Gasteiger partial charge in [-0.3, -0.25) is 9.59 Å². The molecule has 0 unspecified atom stereocenters. The summed E-state index contributed by atoms with van der Waals surface area (Å²) in [4.78, 5) is 33.7. The minimum atomic E-state index is -0.112. The molecular formula is C33H37N5O3. The van der Waals surface area contributed by atoms with Gasteiger partial charge in [0.1, 0.15) is 11.4 Å². The Balaban J connectivity index is 1.34. The molecule has 2 aliphatic heterocycles. The molecule has 1 atom stereocenters. The monoisotopic (exact) mass is 551 g/mol. The summed E-state index contributed by atoms with van der Waals surface area (Å²) in [6.45, 7) is 5.93. The molecule has 0 bridgehead atoms. The number of nitrogens with zero attached hydrogens (tertiary/aromatic N) is 5. The van der Waals surface area contributed by atoms with E-state index in [-0.39, 0.29) is 11.8 Å². The molecule has 0 N–H and O–H groups in total. The van der Waals surface area contributed by atoms with Gasteiger partial charge in [0.2, 0.25) is 0 Å². The molecule has 8 heteroatoms. The van der Waals surface area contributed by atoms with E-state index < -0.39 is 0 Å². The summed E-state index contributed by atoms with van der Waals surface area (Å²) in [5, 5.41) is 0. The van der Waals surface area contributed by atoms with Crippen LogP contribution in [0, 0.1) is 13.8 Å². The topological polar surface area (TPSA) is 63.0 Å². The Kier molecular flexibility index (Phi) is 6.95. The number of fused-ring (bicyclic) bond motifs is 2. The Morgan fingerprint density at radius 3 is 2.49 bits per heavy atom. The molecule has 3 aliphatic rings. The maximum atomic E-state index is 14.1. The van der Waals surface area contributed by atoms with Crippen LogP contribution in [0.2, 0.25) is 0 Å². The van der Waals surface area contributed by atoms with E-state index in [2.05, 4.69) is 61.7 Å². The second-order valence-electron chi connectivity index (χ2n) is 11.3. The maximum absolute atomic E-state index is 14.1. The van der Waals surface area contributed by atoms with Crippen molar-refractivity contribution >= 4 is 18.0 Å². The van der Waals surface area contributed by atoms with Crippen LogP contribution < -0.4 is 4.74 Å². The zero-order chi connectivity index (χ0) is 28.8. The lowest BCUT2D eigenvalue weighted by Gasteiger charge is -2.26. The molecular weight excluding hydrogens is 514 g/mol. The van der Waals surface area contributed by atoms with E-state index in [0.717, 1.165) is 60.0 Å². The largest absolute Gasteiger partial charge is 0.495 e. The second kappa shape index (κ2) is 10.6. The van der Waals surface area contributed by atoms with Crippen LogP contribution >= 0.6 is 0 Å². The summed E-state index contributed by atoms with van der Waals surface area (Å²) in [7, 11) is 5.76. The molecule has 0 radical (unpaired) electrons. The smallest absolute Gasteiger partial charge is 0.270 e. The molecule has 4 heterocycles. The average Bonchev–Trinajstić information content (AvgIpc) is 3.68. The third-order valence-electron chi connectivity index (χ3n) is 8.51. The van der Waals surface area contributed by atoms with E-state index in [1.165, 1.54) is 0 Å². The van der Waals surface area contributed by atoms with Crippen LogP contribution in [-0.4, -0.2) is 76.0 Å². The summed E-state index contributed by atoms with van der Waals surface area (Å²) >= 11 is 0. The minimum absolute atomic E-state index is 0.0264. The number of ether oxygens (including phenoxy) is 1. The first-order chi connectivity index (χ1) is 19.8. The van der Waals surface area contributed by atoms with Crippen LogP contribution in [0.15, 0.2) is 72.0 Å². The zero-order valence-corrected chi connectivity index (χ0v) is 24.4. The number of methoxy groups -OCH3 is 1. The van der Waals surface area contributed by atoms with Gasteiger partial charge in [0.15, 0.2) is 0 Å². The van der Waals surface area contributed by atoms with Crippen molar-refractivity contribution in [1.29, 1.82) is 0 Å². The normalized spacial score (nSPS) is 18.1. The molecule has 212 valence electrons. The van der Waals surface area contributed by atoms with Crippen molar-refractivity contribution in [2.75, 3.05) is 34.3 Å². The van der Waals surface area contributed by atoms with Crippen LogP contribution in [0.1, 0.15) is 50.8 Å². The van der Waals surface area contributed by atoms with Gasteiger partial charge in [-0.1, -0.05) is 18.2 Å². The van der Waals surface area contributed by atoms with Gasteiger partial charge in [0.05, 0.1) is 19.3 Å². The number of carbonyl (C=O) groups excluding carboxylic acids is 2. The van der Waals surface area contributed by atoms with Crippen LogP contribution in [0.5, 0.6) is 5.75 Å². The number of hydrogen-bond acceptors (Lipinski definition) is 4. The number of aromatic nitrogens is 2. The molecule has 0 spiro atoms.